The monoisotopic (exact) mass is 467 g/mol. The summed E-state index contributed by atoms with van der Waals surface area (Å²) in [6.45, 7) is 4.25. The average molecular weight is 468 g/mol. The van der Waals surface area contributed by atoms with Crippen molar-refractivity contribution in [3.05, 3.63) is 48.3 Å². The van der Waals surface area contributed by atoms with Gasteiger partial charge in [-0.2, -0.15) is 0 Å². The van der Waals surface area contributed by atoms with Crippen LogP contribution in [0.3, 0.4) is 0 Å². The van der Waals surface area contributed by atoms with Crippen LogP contribution in [0, 0.1) is 0 Å². The van der Waals surface area contributed by atoms with Gasteiger partial charge in [-0.1, -0.05) is 23.4 Å². The number of rotatable bonds is 9. The van der Waals surface area contributed by atoms with Gasteiger partial charge in [0.15, 0.2) is 5.82 Å². The lowest BCUT2D eigenvalue weighted by Gasteiger charge is -2.37. The van der Waals surface area contributed by atoms with Gasteiger partial charge in [-0.15, -0.1) is 0 Å². The summed E-state index contributed by atoms with van der Waals surface area (Å²) in [4.78, 5) is 26.1. The van der Waals surface area contributed by atoms with Crippen LogP contribution in [0.2, 0.25) is 0 Å². The molecule has 4 rings (SSSR count). The molecule has 1 saturated heterocycles. The van der Waals surface area contributed by atoms with Crippen molar-refractivity contribution < 1.29 is 9.53 Å². The van der Waals surface area contributed by atoms with Crippen LogP contribution in [-0.2, 0) is 4.79 Å². The Morgan fingerprint density at radius 3 is 2.55 bits per heavy atom. The maximum Gasteiger partial charge on any atom is 0.230 e. The summed E-state index contributed by atoms with van der Waals surface area (Å²) in [6, 6.07) is 8.19. The molecule has 2 aromatic rings. The number of carbonyl (C=O) groups excluding carboxylic acids is 1. The molecule has 176 valence electrons. The number of nitrogens with one attached hydrogen (secondary N) is 1. The number of thioether (sulfide) groups is 1. The number of hydrogen-bond acceptors (Lipinski definition) is 7. The lowest BCUT2D eigenvalue weighted by molar-refractivity contribution is -0.118. The predicted octanol–water partition coefficient (Wildman–Crippen LogP) is 3.91. The molecular formula is C25H33N5O2S. The van der Waals surface area contributed by atoms with E-state index in [1.807, 2.05) is 12.1 Å². The summed E-state index contributed by atoms with van der Waals surface area (Å²) < 4.78 is 5.26. The van der Waals surface area contributed by atoms with Crippen molar-refractivity contribution in [3.63, 3.8) is 0 Å². The van der Waals surface area contributed by atoms with Crippen molar-refractivity contribution in [3.8, 4) is 5.75 Å². The summed E-state index contributed by atoms with van der Waals surface area (Å²) >= 11 is 1.47. The molecule has 1 amide bonds. The summed E-state index contributed by atoms with van der Waals surface area (Å²) in [6.07, 6.45) is 11.7. The first kappa shape index (κ1) is 23.4. The van der Waals surface area contributed by atoms with Crippen molar-refractivity contribution >= 4 is 29.2 Å². The molecule has 1 aliphatic heterocycles. The second-order valence-electron chi connectivity index (χ2n) is 8.35. The molecule has 1 aromatic heterocycles. The molecular weight excluding hydrogens is 434 g/mol. The molecule has 0 atom stereocenters. The Kier molecular flexibility index (Phi) is 8.47. The van der Waals surface area contributed by atoms with Crippen LogP contribution in [0.5, 0.6) is 5.75 Å². The van der Waals surface area contributed by atoms with E-state index in [9.17, 15) is 4.79 Å². The predicted molar refractivity (Wildman–Crippen MR) is 134 cm³/mol. The van der Waals surface area contributed by atoms with E-state index >= 15 is 0 Å². The Hall–Kier alpha value is -2.74. The van der Waals surface area contributed by atoms with Gasteiger partial charge < -0.3 is 19.9 Å². The first-order chi connectivity index (χ1) is 16.2. The van der Waals surface area contributed by atoms with Gasteiger partial charge in [0.2, 0.25) is 5.91 Å². The fourth-order valence-corrected chi connectivity index (χ4v) is 5.10. The zero-order chi connectivity index (χ0) is 22.9. The topological polar surface area (TPSA) is 70.6 Å². The highest BCUT2D eigenvalue weighted by molar-refractivity contribution is 8.00. The van der Waals surface area contributed by atoms with Crippen LogP contribution in [0.4, 0.5) is 11.5 Å². The molecule has 0 spiro atoms. The third-order valence-corrected chi connectivity index (χ3v) is 7.12. The van der Waals surface area contributed by atoms with Gasteiger partial charge >= 0.3 is 0 Å². The van der Waals surface area contributed by atoms with Crippen molar-refractivity contribution in [1.29, 1.82) is 0 Å². The lowest BCUT2D eigenvalue weighted by Crippen LogP contribution is -2.47. The number of allylic oxidation sites excluding steroid dienone is 1. The normalized spacial score (nSPS) is 16.3. The molecule has 1 aromatic carbocycles. The second-order valence-corrected chi connectivity index (χ2v) is 9.32. The van der Waals surface area contributed by atoms with Crippen LogP contribution >= 0.6 is 11.8 Å². The van der Waals surface area contributed by atoms with Gasteiger partial charge in [-0.25, -0.2) is 9.97 Å². The summed E-state index contributed by atoms with van der Waals surface area (Å²) in [7, 11) is 1.68. The summed E-state index contributed by atoms with van der Waals surface area (Å²) in [5.74, 6) is 2.15. The zero-order valence-electron chi connectivity index (χ0n) is 19.3. The van der Waals surface area contributed by atoms with Gasteiger partial charge in [0.25, 0.3) is 0 Å². The fourth-order valence-electron chi connectivity index (χ4n) is 4.29. The minimum absolute atomic E-state index is 0.0531. The standard InChI is InChI=1S/C25H33N5O2S/c1-32-22-9-7-21(8-10-22)29-15-17-30(18-16-29)24-25(28-14-13-27-24)33-19-23(31)26-12-11-20-5-3-2-4-6-20/h5,7-10,13-14H,2-4,6,11-12,15-19H2,1H3,(H,26,31). The van der Waals surface area contributed by atoms with Gasteiger partial charge in [0, 0.05) is 50.8 Å². The molecule has 33 heavy (non-hydrogen) atoms. The first-order valence-corrected chi connectivity index (χ1v) is 12.7. The van der Waals surface area contributed by atoms with E-state index in [2.05, 4.69) is 43.3 Å². The van der Waals surface area contributed by atoms with Crippen LogP contribution in [0.25, 0.3) is 0 Å². The number of hydrogen-bond donors (Lipinski definition) is 1. The third-order valence-electron chi connectivity index (χ3n) is 6.16. The molecule has 7 nitrogen and oxygen atoms in total. The van der Waals surface area contributed by atoms with Crippen LogP contribution in [-0.4, -0.2) is 61.5 Å². The largest absolute Gasteiger partial charge is 0.497 e. The maximum absolute atomic E-state index is 12.4. The Labute approximate surface area is 200 Å². The van der Waals surface area contributed by atoms with Gasteiger partial charge in [-0.05, 0) is 56.4 Å². The Morgan fingerprint density at radius 1 is 1.06 bits per heavy atom. The fraction of sp³-hybridized carbons (Fsp3) is 0.480. The van der Waals surface area contributed by atoms with Gasteiger partial charge in [0.05, 0.1) is 12.9 Å². The molecule has 0 radical (unpaired) electrons. The van der Waals surface area contributed by atoms with Crippen LogP contribution in [0.1, 0.15) is 32.1 Å². The number of aromatic nitrogens is 2. The van der Waals surface area contributed by atoms with Gasteiger partial charge in [0.1, 0.15) is 10.8 Å². The molecule has 1 aliphatic carbocycles. The summed E-state index contributed by atoms with van der Waals surface area (Å²) in [5, 5.41) is 3.87. The van der Waals surface area contributed by atoms with Crippen molar-refractivity contribution in [2.45, 2.75) is 37.1 Å². The van der Waals surface area contributed by atoms with E-state index in [1.165, 1.54) is 48.7 Å². The molecule has 2 heterocycles. The van der Waals surface area contributed by atoms with Crippen molar-refractivity contribution in [2.75, 3.05) is 55.4 Å². The van der Waals surface area contributed by atoms with E-state index < -0.39 is 0 Å². The second kappa shape index (κ2) is 11.9. The van der Waals surface area contributed by atoms with Crippen molar-refractivity contribution in [2.24, 2.45) is 0 Å². The quantitative estimate of drug-likeness (QED) is 0.443. The number of anilines is 2. The van der Waals surface area contributed by atoms with E-state index in [4.69, 9.17) is 4.74 Å². The molecule has 0 saturated carbocycles. The Balaban J connectivity index is 1.26. The number of ether oxygens (including phenoxy) is 1. The molecule has 0 bridgehead atoms. The highest BCUT2D eigenvalue weighted by atomic mass is 32.2. The molecule has 8 heteroatoms. The van der Waals surface area contributed by atoms with E-state index in [0.29, 0.717) is 12.3 Å². The van der Waals surface area contributed by atoms with Crippen LogP contribution < -0.4 is 19.9 Å². The SMILES string of the molecule is COc1ccc(N2CCN(c3nccnc3SCC(=O)NCCC3=CCCCC3)CC2)cc1. The Morgan fingerprint density at radius 2 is 1.82 bits per heavy atom. The van der Waals surface area contributed by atoms with Gasteiger partial charge in [-0.3, -0.25) is 4.79 Å². The first-order valence-electron chi connectivity index (χ1n) is 11.8. The van der Waals surface area contributed by atoms with E-state index in [-0.39, 0.29) is 5.91 Å². The van der Waals surface area contributed by atoms with E-state index in [0.717, 1.165) is 49.2 Å². The minimum atomic E-state index is 0.0531. The maximum atomic E-state index is 12.4. The number of carbonyl (C=O) groups is 1. The lowest BCUT2D eigenvalue weighted by atomic mass is 9.97. The highest BCUT2D eigenvalue weighted by Gasteiger charge is 2.21. The number of amides is 1. The molecule has 0 unspecified atom stereocenters. The minimum Gasteiger partial charge on any atom is -0.497 e. The number of nitrogens with zero attached hydrogens (tertiary/aromatic N) is 4. The summed E-state index contributed by atoms with van der Waals surface area (Å²) in [5.41, 5.74) is 2.68. The Bertz CT molecular complexity index is 942. The highest BCUT2D eigenvalue weighted by Crippen LogP contribution is 2.28. The molecule has 2 aliphatic rings. The van der Waals surface area contributed by atoms with Crippen LogP contribution in [0.15, 0.2) is 53.3 Å². The number of benzene rings is 1. The number of piperazine rings is 1. The third kappa shape index (κ3) is 6.63. The molecule has 1 fully saturated rings. The smallest absolute Gasteiger partial charge is 0.230 e. The average Bonchev–Trinajstić information content (AvgIpc) is 2.88. The number of methoxy groups -OCH3 is 1. The van der Waals surface area contributed by atoms with E-state index in [1.54, 1.807) is 19.5 Å². The molecule has 1 N–H and O–H groups in total. The van der Waals surface area contributed by atoms with Crippen molar-refractivity contribution in [1.82, 2.24) is 15.3 Å². The zero-order valence-corrected chi connectivity index (χ0v) is 20.1.